The van der Waals surface area contributed by atoms with Crippen LogP contribution in [0.25, 0.3) is 0 Å². The molecule has 0 saturated carbocycles. The van der Waals surface area contributed by atoms with Crippen LogP contribution in [0.5, 0.6) is 0 Å². The fourth-order valence-corrected chi connectivity index (χ4v) is 4.70. The monoisotopic (exact) mass is 453 g/mol. The number of methoxy groups -OCH3 is 1. The van der Waals surface area contributed by atoms with Crippen molar-refractivity contribution in [3.05, 3.63) is 65.5 Å². The number of fused-ring (bicyclic) bond motifs is 1. The molecule has 2 atom stereocenters. The zero-order chi connectivity index (χ0) is 23.5. The first-order chi connectivity index (χ1) is 16.0. The summed E-state index contributed by atoms with van der Waals surface area (Å²) in [6.45, 7) is 3.68. The number of ether oxygens (including phenoxy) is 1. The van der Waals surface area contributed by atoms with Crippen molar-refractivity contribution in [2.45, 2.75) is 31.9 Å². The van der Waals surface area contributed by atoms with Gasteiger partial charge in [0.2, 0.25) is 5.91 Å². The highest BCUT2D eigenvalue weighted by Crippen LogP contribution is 2.29. The van der Waals surface area contributed by atoms with E-state index in [0.717, 1.165) is 0 Å². The fourth-order valence-electron chi connectivity index (χ4n) is 4.70. The number of carbonyl (C=O) groups excluding carboxylic acids is 3. The van der Waals surface area contributed by atoms with Gasteiger partial charge >= 0.3 is 0 Å². The van der Waals surface area contributed by atoms with E-state index >= 15 is 0 Å². The van der Waals surface area contributed by atoms with Gasteiger partial charge in [-0.25, -0.2) is 4.39 Å². The van der Waals surface area contributed by atoms with Crippen LogP contribution in [0.15, 0.2) is 48.5 Å². The molecule has 0 aliphatic carbocycles. The summed E-state index contributed by atoms with van der Waals surface area (Å²) in [5.74, 6) is -1.14. The van der Waals surface area contributed by atoms with Crippen LogP contribution in [0.2, 0.25) is 0 Å². The number of hydrogen-bond donors (Lipinski definition) is 0. The second-order valence-electron chi connectivity index (χ2n) is 8.31. The maximum atomic E-state index is 14.6. The van der Waals surface area contributed by atoms with E-state index in [1.807, 2.05) is 0 Å². The van der Waals surface area contributed by atoms with Gasteiger partial charge in [0.25, 0.3) is 11.8 Å². The van der Waals surface area contributed by atoms with Crippen molar-refractivity contribution < 1.29 is 23.5 Å². The molecule has 0 bridgehead atoms. The van der Waals surface area contributed by atoms with E-state index in [9.17, 15) is 18.8 Å². The summed E-state index contributed by atoms with van der Waals surface area (Å²) in [6.07, 6.45) is 0.502. The number of nitrogens with zero attached hydrogens (tertiary/aromatic N) is 3. The van der Waals surface area contributed by atoms with Crippen LogP contribution in [0.3, 0.4) is 0 Å². The summed E-state index contributed by atoms with van der Waals surface area (Å²) >= 11 is 0. The van der Waals surface area contributed by atoms with Crippen molar-refractivity contribution in [3.8, 4) is 0 Å². The van der Waals surface area contributed by atoms with Crippen molar-refractivity contribution in [2.75, 3.05) is 38.2 Å². The van der Waals surface area contributed by atoms with Gasteiger partial charge in [0, 0.05) is 39.7 Å². The number of halogens is 1. The normalized spacial score (nSPS) is 20.8. The SMILES string of the molecule is CCC(=O)N(c1ccccc1F)C1CCN(CCN2C(=O)c3ccccc3C2=O)CC1OC. The molecule has 0 spiro atoms. The Kier molecular flexibility index (Phi) is 6.85. The Hall–Kier alpha value is -3.10. The Morgan fingerprint density at radius 2 is 1.70 bits per heavy atom. The van der Waals surface area contributed by atoms with Crippen LogP contribution in [0.4, 0.5) is 10.1 Å². The van der Waals surface area contributed by atoms with E-state index in [-0.39, 0.29) is 48.5 Å². The number of benzene rings is 2. The number of piperidine rings is 1. The van der Waals surface area contributed by atoms with E-state index in [1.54, 1.807) is 56.5 Å². The summed E-state index contributed by atoms with van der Waals surface area (Å²) in [4.78, 5) is 43.0. The van der Waals surface area contributed by atoms with Crippen molar-refractivity contribution in [1.29, 1.82) is 0 Å². The molecule has 7 nitrogen and oxygen atoms in total. The van der Waals surface area contributed by atoms with Crippen LogP contribution in [-0.2, 0) is 9.53 Å². The highest BCUT2D eigenvalue weighted by Gasteiger charge is 2.39. The molecule has 2 heterocycles. The molecule has 1 saturated heterocycles. The van der Waals surface area contributed by atoms with E-state index < -0.39 is 5.82 Å². The van der Waals surface area contributed by atoms with Crippen molar-refractivity contribution in [3.63, 3.8) is 0 Å². The van der Waals surface area contributed by atoms with Gasteiger partial charge in [-0.1, -0.05) is 31.2 Å². The second kappa shape index (κ2) is 9.80. The summed E-state index contributed by atoms with van der Waals surface area (Å²) in [7, 11) is 1.58. The van der Waals surface area contributed by atoms with Crippen LogP contribution in [-0.4, -0.2) is 73.0 Å². The molecule has 3 amide bonds. The Morgan fingerprint density at radius 3 is 2.30 bits per heavy atom. The van der Waals surface area contributed by atoms with Crippen LogP contribution < -0.4 is 4.90 Å². The zero-order valence-corrected chi connectivity index (χ0v) is 18.9. The van der Waals surface area contributed by atoms with E-state index in [4.69, 9.17) is 4.74 Å². The van der Waals surface area contributed by atoms with E-state index in [0.29, 0.717) is 37.2 Å². The molecule has 2 unspecified atom stereocenters. The Bertz CT molecular complexity index is 1020. The number of likely N-dealkylation sites (tertiary alicyclic amines) is 1. The first-order valence-electron chi connectivity index (χ1n) is 11.2. The smallest absolute Gasteiger partial charge is 0.261 e. The van der Waals surface area contributed by atoms with Gasteiger partial charge in [-0.3, -0.25) is 24.2 Å². The quantitative estimate of drug-likeness (QED) is 0.603. The molecule has 0 radical (unpaired) electrons. The lowest BCUT2D eigenvalue weighted by atomic mass is 9.98. The highest BCUT2D eigenvalue weighted by molar-refractivity contribution is 6.21. The number of para-hydroxylation sites is 1. The topological polar surface area (TPSA) is 70.2 Å². The number of carbonyl (C=O) groups is 3. The minimum absolute atomic E-state index is 0.161. The highest BCUT2D eigenvalue weighted by atomic mass is 19.1. The summed E-state index contributed by atoms with van der Waals surface area (Å²) in [6, 6.07) is 12.8. The minimum atomic E-state index is -0.442. The number of hydrogen-bond acceptors (Lipinski definition) is 5. The van der Waals surface area contributed by atoms with Gasteiger partial charge in [0.15, 0.2) is 0 Å². The van der Waals surface area contributed by atoms with Crippen molar-refractivity contribution in [1.82, 2.24) is 9.80 Å². The second-order valence-corrected chi connectivity index (χ2v) is 8.31. The zero-order valence-electron chi connectivity index (χ0n) is 18.9. The number of amides is 3. The summed E-state index contributed by atoms with van der Waals surface area (Å²) in [5.41, 5.74) is 1.14. The lowest BCUT2D eigenvalue weighted by molar-refractivity contribution is -0.120. The standard InChI is InChI=1S/C25H28FN3O4/c1-3-23(30)29(20-11-7-6-10-19(20)26)21-12-13-27(16-22(21)33-2)14-15-28-24(31)17-8-4-5-9-18(17)25(28)32/h4-11,21-22H,3,12-16H2,1-2H3. The lowest BCUT2D eigenvalue weighted by Gasteiger charge is -2.43. The molecule has 33 heavy (non-hydrogen) atoms. The maximum absolute atomic E-state index is 14.6. The minimum Gasteiger partial charge on any atom is -0.378 e. The third kappa shape index (κ3) is 4.41. The lowest BCUT2D eigenvalue weighted by Crippen LogP contribution is -2.57. The van der Waals surface area contributed by atoms with Gasteiger partial charge in [0.05, 0.1) is 29.0 Å². The molecular weight excluding hydrogens is 425 g/mol. The van der Waals surface area contributed by atoms with Gasteiger partial charge in [-0.05, 0) is 30.7 Å². The van der Waals surface area contributed by atoms with Gasteiger partial charge in [0.1, 0.15) is 5.82 Å². The molecule has 0 N–H and O–H groups in total. The predicted octanol–water partition coefficient (Wildman–Crippen LogP) is 2.95. The summed E-state index contributed by atoms with van der Waals surface area (Å²) < 4.78 is 20.3. The Labute approximate surface area is 192 Å². The van der Waals surface area contributed by atoms with Crippen molar-refractivity contribution >= 4 is 23.4 Å². The molecule has 0 aromatic heterocycles. The first kappa shape index (κ1) is 23.1. The number of anilines is 1. The molecule has 1 fully saturated rings. The van der Waals surface area contributed by atoms with Gasteiger partial charge in [-0.15, -0.1) is 0 Å². The van der Waals surface area contributed by atoms with Crippen LogP contribution in [0, 0.1) is 5.82 Å². The Morgan fingerprint density at radius 1 is 1.06 bits per heavy atom. The fraction of sp³-hybridized carbons (Fsp3) is 0.400. The largest absolute Gasteiger partial charge is 0.378 e. The average molecular weight is 454 g/mol. The van der Waals surface area contributed by atoms with E-state index in [2.05, 4.69) is 4.90 Å². The van der Waals surface area contributed by atoms with E-state index in [1.165, 1.54) is 15.9 Å². The first-order valence-corrected chi connectivity index (χ1v) is 11.2. The van der Waals surface area contributed by atoms with Crippen LogP contribution >= 0.6 is 0 Å². The third-order valence-corrected chi connectivity index (χ3v) is 6.44. The van der Waals surface area contributed by atoms with Gasteiger partial charge < -0.3 is 9.64 Å². The average Bonchev–Trinajstić information content (AvgIpc) is 3.09. The maximum Gasteiger partial charge on any atom is 0.261 e. The van der Waals surface area contributed by atoms with Crippen molar-refractivity contribution in [2.24, 2.45) is 0 Å². The molecule has 2 aliphatic heterocycles. The molecule has 2 aliphatic rings. The number of rotatable bonds is 7. The summed E-state index contributed by atoms with van der Waals surface area (Å²) in [5, 5.41) is 0. The third-order valence-electron chi connectivity index (χ3n) is 6.44. The van der Waals surface area contributed by atoms with Gasteiger partial charge in [-0.2, -0.15) is 0 Å². The molecular formula is C25H28FN3O4. The van der Waals surface area contributed by atoms with Crippen LogP contribution in [0.1, 0.15) is 40.5 Å². The molecule has 8 heteroatoms. The molecule has 4 rings (SSSR count). The Balaban J connectivity index is 1.44. The molecule has 174 valence electrons. The predicted molar refractivity (Wildman–Crippen MR) is 122 cm³/mol. The number of imide groups is 1. The molecule has 2 aromatic rings. The molecule has 2 aromatic carbocycles.